The summed E-state index contributed by atoms with van der Waals surface area (Å²) in [7, 11) is 0. The minimum atomic E-state index is -0.751. The van der Waals surface area contributed by atoms with Gasteiger partial charge in [0, 0.05) is 11.6 Å². The highest BCUT2D eigenvalue weighted by atomic mass is 19.1. The zero-order chi connectivity index (χ0) is 18.8. The van der Waals surface area contributed by atoms with Crippen molar-refractivity contribution >= 4 is 5.91 Å². The minimum Gasteiger partial charge on any atom is -0.343 e. The van der Waals surface area contributed by atoms with Gasteiger partial charge in [-0.15, -0.1) is 5.10 Å². The number of nitrogens with zero attached hydrogens (tertiary/aromatic N) is 3. The van der Waals surface area contributed by atoms with Gasteiger partial charge in [-0.3, -0.25) is 4.79 Å². The van der Waals surface area contributed by atoms with Gasteiger partial charge in [-0.25, -0.2) is 22.8 Å². The molecule has 5 nitrogen and oxygen atoms in total. The molecular weight excluding hydrogens is 345 g/mol. The Hall–Kier alpha value is -3.16. The first-order chi connectivity index (χ1) is 12.3. The highest BCUT2D eigenvalue weighted by Gasteiger charge is 2.19. The molecule has 134 valence electrons. The van der Waals surface area contributed by atoms with E-state index in [1.807, 2.05) is 0 Å². The summed E-state index contributed by atoms with van der Waals surface area (Å²) in [6.07, 6.45) is 0. The molecule has 1 aromatic heterocycles. The fourth-order valence-electron chi connectivity index (χ4n) is 2.50. The highest BCUT2D eigenvalue weighted by Crippen LogP contribution is 2.18. The number of aryl methyl sites for hydroxylation is 1. The van der Waals surface area contributed by atoms with Crippen molar-refractivity contribution in [2.75, 3.05) is 0 Å². The molecular formula is C18H15F3N4O. The number of nitrogens with one attached hydrogen (secondary N) is 1. The monoisotopic (exact) mass is 360 g/mol. The van der Waals surface area contributed by atoms with Gasteiger partial charge in [0.15, 0.2) is 0 Å². The predicted molar refractivity (Wildman–Crippen MR) is 88.3 cm³/mol. The molecule has 0 saturated carbocycles. The van der Waals surface area contributed by atoms with Crippen molar-refractivity contribution in [2.24, 2.45) is 0 Å². The predicted octanol–water partition coefficient (Wildman–Crippen LogP) is 3.48. The van der Waals surface area contributed by atoms with Gasteiger partial charge in [0.1, 0.15) is 23.3 Å². The van der Waals surface area contributed by atoms with Crippen LogP contribution >= 0.6 is 0 Å². The standard InChI is InChI=1S/C18H15F3N4O/c1-10(15-8-5-13(20)9-16(15)21)22-18(26)17-23-11(2)25(24-17)14-6-3-12(19)4-7-14/h3-10H,1-2H3,(H,22,26)/t10-/m1/s1. The lowest BCUT2D eigenvalue weighted by molar-refractivity contribution is 0.0929. The molecule has 3 rings (SSSR count). The molecule has 1 N–H and O–H groups in total. The maximum atomic E-state index is 13.8. The van der Waals surface area contributed by atoms with Crippen LogP contribution in [0.1, 0.15) is 35.0 Å². The van der Waals surface area contributed by atoms with Gasteiger partial charge in [-0.05, 0) is 44.2 Å². The van der Waals surface area contributed by atoms with Crippen LogP contribution in [0.3, 0.4) is 0 Å². The summed E-state index contributed by atoms with van der Waals surface area (Å²) in [4.78, 5) is 16.4. The summed E-state index contributed by atoms with van der Waals surface area (Å²) in [6.45, 7) is 3.22. The Kier molecular flexibility index (Phi) is 4.75. The molecule has 0 saturated heterocycles. The smallest absolute Gasteiger partial charge is 0.291 e. The molecule has 0 fully saturated rings. The van der Waals surface area contributed by atoms with Crippen molar-refractivity contribution in [1.82, 2.24) is 20.1 Å². The van der Waals surface area contributed by atoms with E-state index in [4.69, 9.17) is 0 Å². The lowest BCUT2D eigenvalue weighted by Crippen LogP contribution is -2.28. The number of carbonyl (C=O) groups excluding carboxylic acids is 1. The number of rotatable bonds is 4. The molecule has 8 heteroatoms. The SMILES string of the molecule is Cc1nc(C(=O)N[C@H](C)c2ccc(F)cc2F)nn1-c1ccc(F)cc1. The second-order valence-electron chi connectivity index (χ2n) is 5.73. The Balaban J connectivity index is 1.80. The third-order valence-corrected chi connectivity index (χ3v) is 3.82. The number of carbonyl (C=O) groups is 1. The molecule has 0 aliphatic heterocycles. The number of amides is 1. The van der Waals surface area contributed by atoms with Crippen LogP contribution in [0, 0.1) is 24.4 Å². The Labute approximate surface area is 147 Å². The van der Waals surface area contributed by atoms with E-state index >= 15 is 0 Å². The summed E-state index contributed by atoms with van der Waals surface area (Å²) >= 11 is 0. The van der Waals surface area contributed by atoms with Crippen LogP contribution in [0.4, 0.5) is 13.2 Å². The van der Waals surface area contributed by atoms with Gasteiger partial charge in [0.05, 0.1) is 11.7 Å². The summed E-state index contributed by atoms with van der Waals surface area (Å²) < 4.78 is 41.3. The third-order valence-electron chi connectivity index (χ3n) is 3.82. The van der Waals surface area contributed by atoms with Gasteiger partial charge in [0.25, 0.3) is 5.91 Å². The van der Waals surface area contributed by atoms with E-state index in [0.29, 0.717) is 11.5 Å². The van der Waals surface area contributed by atoms with Crippen molar-refractivity contribution < 1.29 is 18.0 Å². The Morgan fingerprint density at radius 1 is 1.08 bits per heavy atom. The van der Waals surface area contributed by atoms with Gasteiger partial charge >= 0.3 is 0 Å². The molecule has 0 bridgehead atoms. The van der Waals surface area contributed by atoms with Crippen LogP contribution in [0.25, 0.3) is 5.69 Å². The van der Waals surface area contributed by atoms with E-state index in [-0.39, 0.29) is 17.2 Å². The average Bonchev–Trinajstić information content (AvgIpc) is 2.97. The first-order valence-electron chi connectivity index (χ1n) is 7.80. The van der Waals surface area contributed by atoms with Gasteiger partial charge in [0.2, 0.25) is 5.82 Å². The van der Waals surface area contributed by atoms with Crippen LogP contribution < -0.4 is 5.32 Å². The molecule has 0 aliphatic rings. The van der Waals surface area contributed by atoms with Gasteiger partial charge in [-0.2, -0.15) is 0 Å². The summed E-state index contributed by atoms with van der Waals surface area (Å²) in [5.41, 5.74) is 0.697. The second-order valence-corrected chi connectivity index (χ2v) is 5.73. The Bertz CT molecular complexity index is 954. The van der Waals surface area contributed by atoms with Crippen LogP contribution in [-0.4, -0.2) is 20.7 Å². The average molecular weight is 360 g/mol. The van der Waals surface area contributed by atoms with Crippen LogP contribution in [0.2, 0.25) is 0 Å². The molecule has 2 aromatic carbocycles. The number of hydrogen-bond acceptors (Lipinski definition) is 3. The fraction of sp³-hybridized carbons (Fsp3) is 0.167. The van der Waals surface area contributed by atoms with E-state index in [9.17, 15) is 18.0 Å². The van der Waals surface area contributed by atoms with Crippen LogP contribution in [0.15, 0.2) is 42.5 Å². The number of halogens is 3. The maximum Gasteiger partial charge on any atom is 0.291 e. The molecule has 1 amide bonds. The van der Waals surface area contributed by atoms with Crippen molar-refractivity contribution in [3.05, 3.63) is 77.1 Å². The minimum absolute atomic E-state index is 0.110. The number of benzene rings is 2. The molecule has 1 heterocycles. The van der Waals surface area contributed by atoms with Crippen molar-refractivity contribution in [3.63, 3.8) is 0 Å². The lowest BCUT2D eigenvalue weighted by Gasteiger charge is -2.13. The largest absolute Gasteiger partial charge is 0.343 e. The summed E-state index contributed by atoms with van der Waals surface area (Å²) in [5, 5.41) is 6.68. The van der Waals surface area contributed by atoms with Crippen LogP contribution in [-0.2, 0) is 0 Å². The molecule has 0 radical (unpaired) electrons. The fourth-order valence-corrected chi connectivity index (χ4v) is 2.50. The van der Waals surface area contributed by atoms with Crippen molar-refractivity contribution in [2.45, 2.75) is 19.9 Å². The van der Waals surface area contributed by atoms with E-state index < -0.39 is 23.6 Å². The second kappa shape index (κ2) is 6.99. The summed E-state index contributed by atoms with van der Waals surface area (Å²) in [6, 6.07) is 8.00. The van der Waals surface area contributed by atoms with E-state index in [0.717, 1.165) is 12.1 Å². The third kappa shape index (κ3) is 3.58. The van der Waals surface area contributed by atoms with E-state index in [1.165, 1.54) is 35.0 Å². The van der Waals surface area contributed by atoms with Gasteiger partial charge in [-0.1, -0.05) is 6.07 Å². The van der Waals surface area contributed by atoms with Crippen LogP contribution in [0.5, 0.6) is 0 Å². The number of aromatic nitrogens is 3. The lowest BCUT2D eigenvalue weighted by atomic mass is 10.1. The topological polar surface area (TPSA) is 59.8 Å². The van der Waals surface area contributed by atoms with Crippen molar-refractivity contribution in [3.8, 4) is 5.69 Å². The Morgan fingerprint density at radius 2 is 1.73 bits per heavy atom. The zero-order valence-electron chi connectivity index (χ0n) is 14.0. The van der Waals surface area contributed by atoms with E-state index in [1.54, 1.807) is 13.8 Å². The number of hydrogen-bond donors (Lipinski definition) is 1. The first-order valence-corrected chi connectivity index (χ1v) is 7.80. The summed E-state index contributed by atoms with van der Waals surface area (Å²) in [5.74, 6) is -2.12. The van der Waals surface area contributed by atoms with E-state index in [2.05, 4.69) is 15.4 Å². The van der Waals surface area contributed by atoms with Gasteiger partial charge < -0.3 is 5.32 Å². The molecule has 1 atom stereocenters. The molecule has 0 aliphatic carbocycles. The molecule has 26 heavy (non-hydrogen) atoms. The quantitative estimate of drug-likeness (QED) is 0.775. The molecule has 0 unspecified atom stereocenters. The van der Waals surface area contributed by atoms with Crippen molar-refractivity contribution in [1.29, 1.82) is 0 Å². The molecule has 0 spiro atoms. The zero-order valence-corrected chi connectivity index (χ0v) is 14.0. The molecule has 3 aromatic rings. The highest BCUT2D eigenvalue weighted by molar-refractivity contribution is 5.90. The first kappa shape index (κ1) is 17.7. The maximum absolute atomic E-state index is 13.8. The Morgan fingerprint density at radius 3 is 2.38 bits per heavy atom. The normalized spacial score (nSPS) is 12.0.